The van der Waals surface area contributed by atoms with Crippen LogP contribution in [0.25, 0.3) is 0 Å². The number of piperidine rings is 1. The van der Waals surface area contributed by atoms with Gasteiger partial charge in [-0.2, -0.15) is 0 Å². The minimum Gasteiger partial charge on any atom is -0.457 e. The second-order valence-corrected chi connectivity index (χ2v) is 5.57. The summed E-state index contributed by atoms with van der Waals surface area (Å²) in [4.78, 5) is 14.2. The maximum atomic E-state index is 12.0. The van der Waals surface area contributed by atoms with Gasteiger partial charge in [0, 0.05) is 10.1 Å². The van der Waals surface area contributed by atoms with Gasteiger partial charge in [-0.25, -0.2) is 4.79 Å². The summed E-state index contributed by atoms with van der Waals surface area (Å²) in [6.45, 7) is 1.94. The van der Waals surface area contributed by atoms with Crippen LogP contribution in [0.2, 0.25) is 0 Å². The Hall–Kier alpha value is -0.620. The highest BCUT2D eigenvalue weighted by Gasteiger charge is 2.22. The molecule has 0 aliphatic carbocycles. The third-order valence-electron chi connectivity index (χ3n) is 2.95. The number of carbonyl (C=O) groups is 1. The smallest absolute Gasteiger partial charge is 0.339 e. The molecule has 0 radical (unpaired) electrons. The first-order valence-corrected chi connectivity index (χ1v) is 6.89. The summed E-state index contributed by atoms with van der Waals surface area (Å²) in [5.41, 5.74) is 0.668. The van der Waals surface area contributed by atoms with E-state index < -0.39 is 0 Å². The van der Waals surface area contributed by atoms with E-state index in [1.54, 1.807) is 0 Å². The summed E-state index contributed by atoms with van der Waals surface area (Å²) in [7, 11) is 2.06. The van der Waals surface area contributed by atoms with Gasteiger partial charge >= 0.3 is 5.97 Å². The molecule has 0 N–H and O–H groups in total. The quantitative estimate of drug-likeness (QED) is 0.610. The molecule has 0 saturated carbocycles. The maximum absolute atomic E-state index is 12.0. The molecule has 1 aliphatic rings. The summed E-state index contributed by atoms with van der Waals surface area (Å²) in [6.07, 6.45) is 2.11. The van der Waals surface area contributed by atoms with E-state index in [9.17, 15) is 4.79 Å². The zero-order chi connectivity index (χ0) is 12.3. The monoisotopic (exact) mass is 345 g/mol. The Kier molecular flexibility index (Phi) is 4.39. The molecule has 1 heterocycles. The van der Waals surface area contributed by atoms with E-state index in [2.05, 4.69) is 34.5 Å². The number of halogens is 1. The molecule has 17 heavy (non-hydrogen) atoms. The van der Waals surface area contributed by atoms with Crippen LogP contribution in [0.4, 0.5) is 0 Å². The molecule has 3 nitrogen and oxygen atoms in total. The molecular weight excluding hydrogens is 329 g/mol. The van der Waals surface area contributed by atoms with E-state index in [1.807, 2.05) is 24.3 Å². The van der Waals surface area contributed by atoms with Crippen LogP contribution in [-0.2, 0) is 4.74 Å². The standard InChI is InChI=1S/C13H16INO2/c1-15-8-4-5-10(9-15)17-13(16)11-6-2-3-7-12(11)14/h2-3,6-7,10H,4-5,8-9H2,1H3/t10-/m0/s1. The van der Waals surface area contributed by atoms with Crippen LogP contribution in [0.3, 0.4) is 0 Å². The molecular formula is C13H16INO2. The van der Waals surface area contributed by atoms with Gasteiger partial charge in [0.05, 0.1) is 5.56 Å². The number of rotatable bonds is 2. The lowest BCUT2D eigenvalue weighted by Crippen LogP contribution is -2.38. The molecule has 1 fully saturated rings. The number of nitrogens with zero attached hydrogens (tertiary/aromatic N) is 1. The lowest BCUT2D eigenvalue weighted by molar-refractivity contribution is 0.0107. The van der Waals surface area contributed by atoms with Crippen LogP contribution in [0.15, 0.2) is 24.3 Å². The highest BCUT2D eigenvalue weighted by atomic mass is 127. The molecule has 1 atom stereocenters. The van der Waals surface area contributed by atoms with Crippen molar-refractivity contribution in [1.29, 1.82) is 0 Å². The first kappa shape index (κ1) is 12.8. The van der Waals surface area contributed by atoms with Crippen molar-refractivity contribution in [3.8, 4) is 0 Å². The molecule has 1 aromatic carbocycles. The third kappa shape index (κ3) is 3.42. The molecule has 1 aromatic rings. The predicted octanol–water partition coefficient (Wildman–Crippen LogP) is 2.54. The lowest BCUT2D eigenvalue weighted by Gasteiger charge is -2.29. The lowest BCUT2D eigenvalue weighted by atomic mass is 10.1. The molecule has 92 valence electrons. The fraction of sp³-hybridized carbons (Fsp3) is 0.462. The van der Waals surface area contributed by atoms with Crippen molar-refractivity contribution in [2.75, 3.05) is 20.1 Å². The molecule has 0 spiro atoms. The molecule has 1 aliphatic heterocycles. The zero-order valence-electron chi connectivity index (χ0n) is 9.86. The van der Waals surface area contributed by atoms with Crippen molar-refractivity contribution in [2.45, 2.75) is 18.9 Å². The Morgan fingerprint density at radius 1 is 1.47 bits per heavy atom. The Labute approximate surface area is 115 Å². The molecule has 2 rings (SSSR count). The Balaban J connectivity index is 1.99. The summed E-state index contributed by atoms with van der Waals surface area (Å²) in [5, 5.41) is 0. The highest BCUT2D eigenvalue weighted by molar-refractivity contribution is 14.1. The summed E-state index contributed by atoms with van der Waals surface area (Å²) in [5.74, 6) is -0.199. The largest absolute Gasteiger partial charge is 0.457 e. The van der Waals surface area contributed by atoms with Crippen LogP contribution in [0.5, 0.6) is 0 Å². The molecule has 0 unspecified atom stereocenters. The van der Waals surface area contributed by atoms with Crippen molar-refractivity contribution < 1.29 is 9.53 Å². The number of hydrogen-bond acceptors (Lipinski definition) is 3. The number of carbonyl (C=O) groups excluding carboxylic acids is 1. The molecule has 0 amide bonds. The van der Waals surface area contributed by atoms with Crippen molar-refractivity contribution in [3.63, 3.8) is 0 Å². The highest BCUT2D eigenvalue weighted by Crippen LogP contribution is 2.17. The van der Waals surface area contributed by atoms with Gasteiger partial charge in [-0.1, -0.05) is 12.1 Å². The van der Waals surface area contributed by atoms with Crippen molar-refractivity contribution >= 4 is 28.6 Å². The summed E-state index contributed by atoms with van der Waals surface area (Å²) in [6, 6.07) is 7.53. The van der Waals surface area contributed by atoms with Gasteiger partial charge in [-0.3, -0.25) is 0 Å². The average molecular weight is 345 g/mol. The van der Waals surface area contributed by atoms with Gasteiger partial charge in [0.1, 0.15) is 6.10 Å². The van der Waals surface area contributed by atoms with Crippen LogP contribution < -0.4 is 0 Å². The minimum atomic E-state index is -0.199. The van der Waals surface area contributed by atoms with E-state index in [0.717, 1.165) is 29.5 Å². The first-order valence-electron chi connectivity index (χ1n) is 5.81. The van der Waals surface area contributed by atoms with Crippen molar-refractivity contribution in [1.82, 2.24) is 4.90 Å². The number of likely N-dealkylation sites (tertiary alicyclic amines) is 1. The average Bonchev–Trinajstić information content (AvgIpc) is 2.29. The summed E-state index contributed by atoms with van der Waals surface area (Å²) >= 11 is 2.16. The van der Waals surface area contributed by atoms with Crippen molar-refractivity contribution in [3.05, 3.63) is 33.4 Å². The number of hydrogen-bond donors (Lipinski definition) is 0. The van der Waals surface area contributed by atoms with Gasteiger partial charge in [0.15, 0.2) is 0 Å². The van der Waals surface area contributed by atoms with Crippen molar-refractivity contribution in [2.24, 2.45) is 0 Å². The van der Waals surface area contributed by atoms with Crippen LogP contribution in [0, 0.1) is 3.57 Å². The van der Waals surface area contributed by atoms with E-state index in [-0.39, 0.29) is 12.1 Å². The first-order chi connectivity index (χ1) is 8.16. The molecule has 0 bridgehead atoms. The van der Waals surface area contributed by atoms with Crippen LogP contribution >= 0.6 is 22.6 Å². The van der Waals surface area contributed by atoms with E-state index in [0.29, 0.717) is 5.56 Å². The normalized spacial score (nSPS) is 21.2. The number of benzene rings is 1. The third-order valence-corrected chi connectivity index (χ3v) is 3.89. The van der Waals surface area contributed by atoms with Crippen LogP contribution in [-0.4, -0.2) is 37.1 Å². The Bertz CT molecular complexity index is 408. The Morgan fingerprint density at radius 3 is 2.94 bits per heavy atom. The van der Waals surface area contributed by atoms with Gasteiger partial charge in [0.25, 0.3) is 0 Å². The van der Waals surface area contributed by atoms with Gasteiger partial charge in [-0.05, 0) is 61.2 Å². The zero-order valence-corrected chi connectivity index (χ0v) is 12.0. The SMILES string of the molecule is CN1CCC[C@H](OC(=O)c2ccccc2I)C1. The van der Waals surface area contributed by atoms with Crippen LogP contribution in [0.1, 0.15) is 23.2 Å². The number of ether oxygens (including phenoxy) is 1. The van der Waals surface area contributed by atoms with E-state index in [4.69, 9.17) is 4.74 Å². The van der Waals surface area contributed by atoms with E-state index in [1.165, 1.54) is 0 Å². The van der Waals surface area contributed by atoms with E-state index >= 15 is 0 Å². The predicted molar refractivity (Wildman–Crippen MR) is 75.1 cm³/mol. The second kappa shape index (κ2) is 5.82. The van der Waals surface area contributed by atoms with Gasteiger partial charge < -0.3 is 9.64 Å². The Morgan fingerprint density at radius 2 is 2.24 bits per heavy atom. The topological polar surface area (TPSA) is 29.5 Å². The fourth-order valence-electron chi connectivity index (χ4n) is 2.06. The van der Waals surface area contributed by atoms with Gasteiger partial charge in [0.2, 0.25) is 0 Å². The fourth-order valence-corrected chi connectivity index (χ4v) is 2.66. The molecule has 1 saturated heterocycles. The molecule has 4 heteroatoms. The summed E-state index contributed by atoms with van der Waals surface area (Å²) < 4.78 is 6.49. The maximum Gasteiger partial charge on any atom is 0.339 e. The van der Waals surface area contributed by atoms with Gasteiger partial charge in [-0.15, -0.1) is 0 Å². The molecule has 0 aromatic heterocycles. The number of esters is 1. The minimum absolute atomic E-state index is 0.0391. The number of likely N-dealkylation sites (N-methyl/N-ethyl adjacent to an activating group) is 1. The second-order valence-electron chi connectivity index (χ2n) is 4.41.